The summed E-state index contributed by atoms with van der Waals surface area (Å²) in [6, 6.07) is 1.50. The van der Waals surface area contributed by atoms with Gasteiger partial charge in [0.1, 0.15) is 5.82 Å². The van der Waals surface area contributed by atoms with E-state index in [-0.39, 0.29) is 5.56 Å². The van der Waals surface area contributed by atoms with Crippen LogP contribution in [0.25, 0.3) is 11.2 Å². The number of H-pyrrole nitrogens is 1. The van der Waals surface area contributed by atoms with E-state index in [1.54, 1.807) is 0 Å². The Morgan fingerprint density at radius 3 is 3.00 bits per heavy atom. The quantitative estimate of drug-likeness (QED) is 0.846. The topological polar surface area (TPSA) is 78.9 Å². The molecule has 0 saturated heterocycles. The summed E-state index contributed by atoms with van der Waals surface area (Å²) in [5.41, 5.74) is 1.27. The van der Waals surface area contributed by atoms with Crippen LogP contribution in [0.2, 0.25) is 0 Å². The molecule has 1 aliphatic carbocycles. The number of hydrogen-bond acceptors (Lipinski definition) is 3. The first-order valence-electron chi connectivity index (χ1n) is 5.81. The van der Waals surface area contributed by atoms with Crippen molar-refractivity contribution in [2.75, 3.05) is 0 Å². The summed E-state index contributed by atoms with van der Waals surface area (Å²) in [5.74, 6) is 0.603. The third kappa shape index (κ3) is 1.77. The molecule has 1 aliphatic rings. The number of carboxylic acid groups (broad SMARTS) is 1. The fraction of sp³-hybridized carbons (Fsp3) is 0.417. The van der Waals surface area contributed by atoms with Gasteiger partial charge in [-0.3, -0.25) is 0 Å². The van der Waals surface area contributed by atoms with Crippen molar-refractivity contribution in [1.29, 1.82) is 0 Å². The maximum Gasteiger partial charge on any atom is 0.338 e. The van der Waals surface area contributed by atoms with Crippen LogP contribution in [0, 0.1) is 5.92 Å². The molecule has 0 unspecified atom stereocenters. The number of pyridine rings is 1. The number of hydrogen-bond donors (Lipinski definition) is 2. The van der Waals surface area contributed by atoms with Crippen LogP contribution in [-0.2, 0) is 6.42 Å². The van der Waals surface area contributed by atoms with Crippen LogP contribution in [0.5, 0.6) is 0 Å². The molecule has 2 aromatic rings. The number of nitrogens with one attached hydrogen (secondary N) is 1. The van der Waals surface area contributed by atoms with Crippen LogP contribution in [0.3, 0.4) is 0 Å². The Morgan fingerprint density at radius 1 is 1.53 bits per heavy atom. The number of aromatic carboxylic acids is 1. The fourth-order valence-electron chi connectivity index (χ4n) is 2.20. The van der Waals surface area contributed by atoms with Crippen molar-refractivity contribution in [1.82, 2.24) is 15.0 Å². The zero-order valence-electron chi connectivity index (χ0n) is 9.31. The second-order valence-corrected chi connectivity index (χ2v) is 4.55. The fourth-order valence-corrected chi connectivity index (χ4v) is 2.20. The molecule has 0 atom stereocenters. The molecule has 0 aliphatic heterocycles. The monoisotopic (exact) mass is 231 g/mol. The minimum atomic E-state index is -0.948. The number of aromatic nitrogens is 3. The first-order valence-corrected chi connectivity index (χ1v) is 5.81. The Hall–Kier alpha value is -1.91. The summed E-state index contributed by atoms with van der Waals surface area (Å²) in [6.45, 7) is 0. The van der Waals surface area contributed by atoms with Crippen molar-refractivity contribution in [3.8, 4) is 0 Å². The van der Waals surface area contributed by atoms with Crippen molar-refractivity contribution < 1.29 is 9.90 Å². The van der Waals surface area contributed by atoms with Gasteiger partial charge in [-0.15, -0.1) is 0 Å². The highest BCUT2D eigenvalue weighted by molar-refractivity contribution is 5.99. The minimum Gasteiger partial charge on any atom is -0.478 e. The molecule has 5 nitrogen and oxygen atoms in total. The Morgan fingerprint density at radius 2 is 2.35 bits per heavy atom. The first kappa shape index (κ1) is 10.3. The second kappa shape index (κ2) is 3.84. The Labute approximate surface area is 97.9 Å². The molecule has 17 heavy (non-hydrogen) atoms. The number of fused-ring (bicyclic) bond motifs is 1. The van der Waals surface area contributed by atoms with Gasteiger partial charge in [0.25, 0.3) is 0 Å². The summed E-state index contributed by atoms with van der Waals surface area (Å²) in [4.78, 5) is 22.6. The normalized spacial score (nSPS) is 16.0. The standard InChI is InChI=1S/C12H13N3O2/c16-12(17)8-4-5-13-11-10(8)14-9(15-11)6-7-2-1-3-7/h4-5,7H,1-3,6H2,(H,16,17)(H,13,14,15). The zero-order chi connectivity index (χ0) is 11.8. The van der Waals surface area contributed by atoms with Gasteiger partial charge in [0.15, 0.2) is 5.65 Å². The van der Waals surface area contributed by atoms with E-state index in [1.807, 2.05) is 0 Å². The first-order chi connectivity index (χ1) is 8.24. The van der Waals surface area contributed by atoms with Gasteiger partial charge < -0.3 is 10.1 Å². The van der Waals surface area contributed by atoms with Crippen LogP contribution < -0.4 is 0 Å². The van der Waals surface area contributed by atoms with Crippen LogP contribution in [0.4, 0.5) is 0 Å². The van der Waals surface area contributed by atoms with E-state index in [9.17, 15) is 4.79 Å². The summed E-state index contributed by atoms with van der Waals surface area (Å²) in [5, 5.41) is 9.06. The number of imidazole rings is 1. The molecule has 0 amide bonds. The van der Waals surface area contributed by atoms with Gasteiger partial charge in [-0.25, -0.2) is 14.8 Å². The van der Waals surface area contributed by atoms with Crippen molar-refractivity contribution in [2.45, 2.75) is 25.7 Å². The SMILES string of the molecule is O=C(O)c1ccnc2nc(CC3CCC3)[nH]c12. The van der Waals surface area contributed by atoms with E-state index < -0.39 is 5.97 Å². The van der Waals surface area contributed by atoms with Gasteiger partial charge in [-0.05, 0) is 12.0 Å². The van der Waals surface area contributed by atoms with Crippen LogP contribution in [-0.4, -0.2) is 26.0 Å². The van der Waals surface area contributed by atoms with Gasteiger partial charge in [-0.2, -0.15) is 0 Å². The lowest BCUT2D eigenvalue weighted by Gasteiger charge is -2.23. The van der Waals surface area contributed by atoms with E-state index in [0.717, 1.165) is 12.2 Å². The molecule has 88 valence electrons. The molecule has 3 rings (SSSR count). The third-order valence-corrected chi connectivity index (χ3v) is 3.38. The summed E-state index contributed by atoms with van der Waals surface area (Å²) >= 11 is 0. The number of carboxylic acids is 1. The number of carbonyl (C=O) groups is 1. The molecule has 1 fully saturated rings. The van der Waals surface area contributed by atoms with Crippen LogP contribution in [0.1, 0.15) is 35.4 Å². The second-order valence-electron chi connectivity index (χ2n) is 4.55. The van der Waals surface area contributed by atoms with Gasteiger partial charge in [-0.1, -0.05) is 19.3 Å². The molecule has 2 heterocycles. The molecule has 2 aromatic heterocycles. The largest absolute Gasteiger partial charge is 0.478 e. The van der Waals surface area contributed by atoms with Crippen LogP contribution in [0.15, 0.2) is 12.3 Å². The molecule has 5 heteroatoms. The van der Waals surface area contributed by atoms with Crippen molar-refractivity contribution in [3.05, 3.63) is 23.7 Å². The van der Waals surface area contributed by atoms with Crippen molar-refractivity contribution >= 4 is 17.1 Å². The predicted octanol–water partition coefficient (Wildman–Crippen LogP) is 2.00. The molecule has 2 N–H and O–H groups in total. The summed E-state index contributed by atoms with van der Waals surface area (Å²) in [6.07, 6.45) is 6.17. The summed E-state index contributed by atoms with van der Waals surface area (Å²) in [7, 11) is 0. The Kier molecular flexibility index (Phi) is 2.31. The highest BCUT2D eigenvalue weighted by Crippen LogP contribution is 2.29. The molecule has 0 bridgehead atoms. The summed E-state index contributed by atoms with van der Waals surface area (Å²) < 4.78 is 0. The average molecular weight is 231 g/mol. The molecular formula is C12H13N3O2. The molecular weight excluding hydrogens is 218 g/mol. The molecule has 0 spiro atoms. The van der Waals surface area contributed by atoms with Crippen molar-refractivity contribution in [2.24, 2.45) is 5.92 Å². The lowest BCUT2D eigenvalue weighted by atomic mass is 9.83. The molecule has 0 aromatic carbocycles. The van der Waals surface area contributed by atoms with E-state index in [1.165, 1.54) is 31.5 Å². The van der Waals surface area contributed by atoms with Gasteiger partial charge in [0.05, 0.1) is 11.1 Å². The lowest BCUT2D eigenvalue weighted by molar-refractivity contribution is 0.0699. The molecule has 0 radical (unpaired) electrons. The van der Waals surface area contributed by atoms with E-state index in [0.29, 0.717) is 17.1 Å². The number of rotatable bonds is 3. The zero-order valence-corrected chi connectivity index (χ0v) is 9.31. The minimum absolute atomic E-state index is 0.238. The van der Waals surface area contributed by atoms with Gasteiger partial charge in [0, 0.05) is 12.6 Å². The average Bonchev–Trinajstić information content (AvgIpc) is 2.65. The van der Waals surface area contributed by atoms with E-state index >= 15 is 0 Å². The number of aromatic amines is 1. The Balaban J connectivity index is 1.99. The third-order valence-electron chi connectivity index (χ3n) is 3.38. The predicted molar refractivity (Wildman–Crippen MR) is 61.9 cm³/mol. The highest BCUT2D eigenvalue weighted by atomic mass is 16.4. The lowest BCUT2D eigenvalue weighted by Crippen LogP contribution is -2.14. The highest BCUT2D eigenvalue weighted by Gasteiger charge is 2.20. The maximum absolute atomic E-state index is 11.0. The van der Waals surface area contributed by atoms with E-state index in [4.69, 9.17) is 5.11 Å². The maximum atomic E-state index is 11.0. The molecule has 1 saturated carbocycles. The van der Waals surface area contributed by atoms with Crippen LogP contribution >= 0.6 is 0 Å². The van der Waals surface area contributed by atoms with Gasteiger partial charge in [0.2, 0.25) is 0 Å². The van der Waals surface area contributed by atoms with Gasteiger partial charge >= 0.3 is 5.97 Å². The van der Waals surface area contributed by atoms with Crippen molar-refractivity contribution in [3.63, 3.8) is 0 Å². The Bertz CT molecular complexity index is 572. The number of nitrogens with zero attached hydrogens (tertiary/aromatic N) is 2. The van der Waals surface area contributed by atoms with E-state index in [2.05, 4.69) is 15.0 Å². The smallest absolute Gasteiger partial charge is 0.338 e.